The fourth-order valence-electron chi connectivity index (χ4n) is 1.36. The summed E-state index contributed by atoms with van der Waals surface area (Å²) < 4.78 is 6.15. The lowest BCUT2D eigenvalue weighted by Gasteiger charge is -2.07. The van der Waals surface area contributed by atoms with Gasteiger partial charge in [0.25, 0.3) is 0 Å². The molecule has 2 aromatic rings. The van der Waals surface area contributed by atoms with E-state index >= 15 is 0 Å². The Bertz CT molecular complexity index is 508. The van der Waals surface area contributed by atoms with Crippen LogP contribution in [0, 0.1) is 0 Å². The van der Waals surface area contributed by atoms with Crippen molar-refractivity contribution in [1.82, 2.24) is 14.8 Å². The summed E-state index contributed by atoms with van der Waals surface area (Å²) in [5.41, 5.74) is 7.05. The second-order valence-electron chi connectivity index (χ2n) is 3.11. The van der Waals surface area contributed by atoms with Crippen LogP contribution in [0.3, 0.4) is 0 Å². The Kier molecular flexibility index (Phi) is 2.55. The van der Waals surface area contributed by atoms with Gasteiger partial charge in [-0.05, 0) is 18.2 Å². The van der Waals surface area contributed by atoms with Gasteiger partial charge < -0.3 is 10.5 Å². The summed E-state index contributed by atoms with van der Waals surface area (Å²) in [5.74, 6) is -0.460. The van der Waals surface area contributed by atoms with Crippen molar-refractivity contribution < 1.29 is 9.53 Å². The number of nitrogens with two attached hydrogens (primary N) is 1. The molecule has 0 aliphatic carbocycles. The quantitative estimate of drug-likeness (QED) is 0.590. The molecule has 82 valence electrons. The summed E-state index contributed by atoms with van der Waals surface area (Å²) in [5, 5.41) is 3.95. The molecule has 6 nitrogen and oxygen atoms in total. The van der Waals surface area contributed by atoms with Gasteiger partial charge in [0.15, 0.2) is 0 Å². The Morgan fingerprint density at radius 2 is 2.31 bits per heavy atom. The minimum absolute atomic E-state index is 0.355. The van der Waals surface area contributed by atoms with E-state index in [9.17, 15) is 4.79 Å². The van der Waals surface area contributed by atoms with Crippen molar-refractivity contribution in [1.29, 1.82) is 0 Å². The minimum atomic E-state index is -0.460. The van der Waals surface area contributed by atoms with Gasteiger partial charge in [-0.2, -0.15) is 5.10 Å². The number of carbonyl (C=O) groups excluding carboxylic acids is 1. The third kappa shape index (κ3) is 1.72. The highest BCUT2D eigenvalue weighted by Crippen LogP contribution is 2.17. The first-order valence-electron chi connectivity index (χ1n) is 4.55. The smallest absolute Gasteiger partial charge is 0.340 e. The lowest BCUT2D eigenvalue weighted by molar-refractivity contribution is 0.0600. The normalized spacial score (nSPS) is 10.1. The van der Waals surface area contributed by atoms with Crippen LogP contribution in [0.2, 0.25) is 0 Å². The van der Waals surface area contributed by atoms with Gasteiger partial charge in [-0.25, -0.2) is 14.5 Å². The summed E-state index contributed by atoms with van der Waals surface area (Å²) in [4.78, 5) is 15.4. The summed E-state index contributed by atoms with van der Waals surface area (Å²) in [6.45, 7) is 0. The number of aromatic nitrogens is 3. The molecule has 0 fully saturated rings. The van der Waals surface area contributed by atoms with Crippen LogP contribution in [0.5, 0.6) is 0 Å². The van der Waals surface area contributed by atoms with Crippen LogP contribution in [-0.4, -0.2) is 27.8 Å². The Balaban J connectivity index is 2.57. The van der Waals surface area contributed by atoms with Gasteiger partial charge in [0.1, 0.15) is 12.7 Å². The van der Waals surface area contributed by atoms with E-state index in [4.69, 9.17) is 5.73 Å². The molecule has 2 N–H and O–H groups in total. The van der Waals surface area contributed by atoms with Crippen LogP contribution in [0.1, 0.15) is 10.4 Å². The number of ether oxygens (including phenoxy) is 1. The van der Waals surface area contributed by atoms with E-state index in [2.05, 4.69) is 14.8 Å². The van der Waals surface area contributed by atoms with Gasteiger partial charge in [-0.15, -0.1) is 0 Å². The molecule has 0 unspecified atom stereocenters. The molecule has 16 heavy (non-hydrogen) atoms. The largest absolute Gasteiger partial charge is 0.465 e. The van der Waals surface area contributed by atoms with Crippen LogP contribution in [-0.2, 0) is 4.74 Å². The molecule has 0 aliphatic heterocycles. The predicted octanol–water partition coefficient (Wildman–Crippen LogP) is 0.636. The predicted molar refractivity (Wildman–Crippen MR) is 57.1 cm³/mol. The fourth-order valence-corrected chi connectivity index (χ4v) is 1.36. The first-order chi connectivity index (χ1) is 7.72. The second kappa shape index (κ2) is 4.01. The Hall–Kier alpha value is -2.37. The highest BCUT2D eigenvalue weighted by molar-refractivity contribution is 5.94. The maximum absolute atomic E-state index is 11.5. The number of nitrogen functional groups attached to an aromatic ring is 1. The van der Waals surface area contributed by atoms with Crippen LogP contribution in [0.15, 0.2) is 30.9 Å². The van der Waals surface area contributed by atoms with E-state index in [1.54, 1.807) is 18.2 Å². The number of hydrogen-bond donors (Lipinski definition) is 1. The molecule has 2 rings (SSSR count). The highest BCUT2D eigenvalue weighted by atomic mass is 16.5. The third-order valence-corrected chi connectivity index (χ3v) is 2.09. The monoisotopic (exact) mass is 218 g/mol. The molecule has 1 heterocycles. The molecule has 0 amide bonds. The Morgan fingerprint density at radius 3 is 2.94 bits per heavy atom. The lowest BCUT2D eigenvalue weighted by atomic mass is 10.1. The van der Waals surface area contributed by atoms with Crippen LogP contribution in [0.25, 0.3) is 5.69 Å². The van der Waals surface area contributed by atoms with E-state index in [1.165, 1.54) is 24.4 Å². The number of anilines is 1. The van der Waals surface area contributed by atoms with Crippen molar-refractivity contribution in [2.24, 2.45) is 0 Å². The number of benzene rings is 1. The molecular formula is C10H10N4O2. The number of nitrogens with zero attached hydrogens (tertiary/aromatic N) is 3. The highest BCUT2D eigenvalue weighted by Gasteiger charge is 2.13. The van der Waals surface area contributed by atoms with Crippen molar-refractivity contribution in [3.05, 3.63) is 36.4 Å². The van der Waals surface area contributed by atoms with Gasteiger partial charge in [-0.3, -0.25) is 0 Å². The van der Waals surface area contributed by atoms with Gasteiger partial charge in [0, 0.05) is 5.69 Å². The van der Waals surface area contributed by atoms with Crippen LogP contribution < -0.4 is 5.73 Å². The third-order valence-electron chi connectivity index (χ3n) is 2.09. The zero-order chi connectivity index (χ0) is 11.5. The molecule has 0 spiro atoms. The number of hydrogen-bond acceptors (Lipinski definition) is 5. The second-order valence-corrected chi connectivity index (χ2v) is 3.11. The average molecular weight is 218 g/mol. The molecule has 1 aromatic heterocycles. The van der Waals surface area contributed by atoms with Crippen molar-refractivity contribution in [3.63, 3.8) is 0 Å². The molecule has 0 bridgehead atoms. The zero-order valence-electron chi connectivity index (χ0n) is 8.62. The standard InChI is InChI=1S/C10H10N4O2/c1-16-10(15)8-4-7(11)2-3-9(8)14-6-12-5-13-14/h2-6H,11H2,1H3. The van der Waals surface area contributed by atoms with Gasteiger partial charge in [-0.1, -0.05) is 0 Å². The first kappa shape index (κ1) is 10.2. The van der Waals surface area contributed by atoms with Gasteiger partial charge in [0.2, 0.25) is 0 Å². The molecule has 0 saturated carbocycles. The minimum Gasteiger partial charge on any atom is -0.465 e. The van der Waals surface area contributed by atoms with Crippen LogP contribution >= 0.6 is 0 Å². The SMILES string of the molecule is COC(=O)c1cc(N)ccc1-n1cncn1. The van der Waals surface area contributed by atoms with Crippen molar-refractivity contribution in [3.8, 4) is 5.69 Å². The summed E-state index contributed by atoms with van der Waals surface area (Å²) in [6, 6.07) is 4.92. The molecule has 0 atom stereocenters. The zero-order valence-corrected chi connectivity index (χ0v) is 8.62. The molecular weight excluding hydrogens is 208 g/mol. The topological polar surface area (TPSA) is 83.0 Å². The molecule has 0 aliphatic rings. The number of rotatable bonds is 2. The van der Waals surface area contributed by atoms with E-state index < -0.39 is 5.97 Å². The summed E-state index contributed by atoms with van der Waals surface area (Å²) >= 11 is 0. The van der Waals surface area contributed by atoms with E-state index in [0.29, 0.717) is 16.9 Å². The lowest BCUT2D eigenvalue weighted by Crippen LogP contribution is -2.09. The van der Waals surface area contributed by atoms with Gasteiger partial charge in [0.05, 0.1) is 18.4 Å². The number of esters is 1. The maximum atomic E-state index is 11.5. The Labute approximate surface area is 91.7 Å². The first-order valence-corrected chi connectivity index (χ1v) is 4.55. The summed E-state index contributed by atoms with van der Waals surface area (Å²) in [6.07, 6.45) is 2.88. The van der Waals surface area contributed by atoms with Gasteiger partial charge >= 0.3 is 5.97 Å². The molecule has 0 saturated heterocycles. The molecule has 0 radical (unpaired) electrons. The van der Waals surface area contributed by atoms with E-state index in [0.717, 1.165) is 0 Å². The maximum Gasteiger partial charge on any atom is 0.340 e. The van der Waals surface area contributed by atoms with Crippen LogP contribution in [0.4, 0.5) is 5.69 Å². The number of methoxy groups -OCH3 is 1. The van der Waals surface area contributed by atoms with E-state index in [-0.39, 0.29) is 0 Å². The summed E-state index contributed by atoms with van der Waals surface area (Å²) in [7, 11) is 1.32. The fraction of sp³-hybridized carbons (Fsp3) is 0.100. The van der Waals surface area contributed by atoms with Crippen molar-refractivity contribution >= 4 is 11.7 Å². The molecule has 6 heteroatoms. The number of carbonyl (C=O) groups is 1. The van der Waals surface area contributed by atoms with Crippen molar-refractivity contribution in [2.75, 3.05) is 12.8 Å². The molecule has 1 aromatic carbocycles. The van der Waals surface area contributed by atoms with E-state index in [1.807, 2.05) is 0 Å². The Morgan fingerprint density at radius 1 is 1.50 bits per heavy atom. The average Bonchev–Trinajstić information content (AvgIpc) is 2.81. The van der Waals surface area contributed by atoms with Crippen molar-refractivity contribution in [2.45, 2.75) is 0 Å².